The SMILES string of the molecule is C=C(C)C[C@H](NC(=O)[C@H](CC(C)C)NC(C)=O)C(=O)O. The minimum Gasteiger partial charge on any atom is -0.480 e. The second-order valence-corrected chi connectivity index (χ2v) is 5.44. The number of amides is 2. The summed E-state index contributed by atoms with van der Waals surface area (Å²) in [6, 6.07) is -1.75. The number of hydrogen-bond acceptors (Lipinski definition) is 3. The molecule has 0 saturated carbocycles. The number of carbonyl (C=O) groups is 3. The van der Waals surface area contributed by atoms with Gasteiger partial charge in [0.15, 0.2) is 0 Å². The van der Waals surface area contributed by atoms with Gasteiger partial charge in [0.1, 0.15) is 12.1 Å². The lowest BCUT2D eigenvalue weighted by molar-refractivity contribution is -0.142. The van der Waals surface area contributed by atoms with E-state index in [0.717, 1.165) is 0 Å². The van der Waals surface area contributed by atoms with Crippen LogP contribution in [-0.4, -0.2) is 35.0 Å². The molecule has 2 atom stereocenters. The molecule has 0 aliphatic carbocycles. The smallest absolute Gasteiger partial charge is 0.326 e. The summed E-state index contributed by atoms with van der Waals surface area (Å²) in [5.41, 5.74) is 0.664. The fourth-order valence-corrected chi connectivity index (χ4v) is 1.77. The minimum absolute atomic E-state index is 0.162. The van der Waals surface area contributed by atoms with Gasteiger partial charge in [-0.3, -0.25) is 9.59 Å². The highest BCUT2D eigenvalue weighted by Gasteiger charge is 2.26. The van der Waals surface area contributed by atoms with Crippen LogP contribution in [0.1, 0.15) is 40.5 Å². The Labute approximate surface area is 119 Å². The van der Waals surface area contributed by atoms with Crippen molar-refractivity contribution in [1.29, 1.82) is 0 Å². The highest BCUT2D eigenvalue weighted by molar-refractivity contribution is 5.90. The Hall–Kier alpha value is -1.85. The van der Waals surface area contributed by atoms with Gasteiger partial charge in [0.25, 0.3) is 0 Å². The fraction of sp³-hybridized carbons (Fsp3) is 0.643. The van der Waals surface area contributed by atoms with E-state index in [9.17, 15) is 14.4 Å². The summed E-state index contributed by atoms with van der Waals surface area (Å²) in [7, 11) is 0. The number of hydrogen-bond donors (Lipinski definition) is 3. The predicted molar refractivity (Wildman–Crippen MR) is 76.1 cm³/mol. The number of nitrogens with one attached hydrogen (secondary N) is 2. The van der Waals surface area contributed by atoms with E-state index in [1.54, 1.807) is 6.92 Å². The molecular weight excluding hydrogens is 260 g/mol. The molecule has 0 fully saturated rings. The first-order valence-corrected chi connectivity index (χ1v) is 6.58. The molecule has 20 heavy (non-hydrogen) atoms. The molecule has 6 nitrogen and oxygen atoms in total. The van der Waals surface area contributed by atoms with Crippen molar-refractivity contribution in [3.8, 4) is 0 Å². The van der Waals surface area contributed by atoms with Gasteiger partial charge in [0, 0.05) is 6.92 Å². The summed E-state index contributed by atoms with van der Waals surface area (Å²) >= 11 is 0. The van der Waals surface area contributed by atoms with Crippen LogP contribution in [0.2, 0.25) is 0 Å². The Morgan fingerprint density at radius 1 is 1.10 bits per heavy atom. The first-order valence-electron chi connectivity index (χ1n) is 6.58. The third kappa shape index (κ3) is 7.56. The molecule has 0 rings (SSSR count). The lowest BCUT2D eigenvalue weighted by Crippen LogP contribution is -2.51. The molecule has 0 aromatic rings. The van der Waals surface area contributed by atoms with Crippen molar-refractivity contribution in [2.45, 2.75) is 52.6 Å². The van der Waals surface area contributed by atoms with E-state index in [2.05, 4.69) is 17.2 Å². The van der Waals surface area contributed by atoms with Crippen LogP contribution in [-0.2, 0) is 14.4 Å². The molecular formula is C14H24N2O4. The molecule has 3 N–H and O–H groups in total. The predicted octanol–water partition coefficient (Wildman–Crippen LogP) is 1.07. The number of aliphatic carboxylic acids is 1. The number of carboxylic acids is 1. The van der Waals surface area contributed by atoms with Gasteiger partial charge in [0.2, 0.25) is 11.8 Å². The maximum absolute atomic E-state index is 12.1. The zero-order chi connectivity index (χ0) is 15.9. The Morgan fingerprint density at radius 3 is 2.00 bits per heavy atom. The second kappa shape index (κ2) is 8.35. The average Bonchev–Trinajstić information content (AvgIpc) is 2.24. The second-order valence-electron chi connectivity index (χ2n) is 5.44. The molecule has 0 heterocycles. The molecule has 0 aromatic carbocycles. The number of carbonyl (C=O) groups excluding carboxylic acids is 2. The maximum Gasteiger partial charge on any atom is 0.326 e. The normalized spacial score (nSPS) is 13.4. The van der Waals surface area contributed by atoms with E-state index in [1.807, 2.05) is 13.8 Å². The van der Waals surface area contributed by atoms with Crippen LogP contribution in [0, 0.1) is 5.92 Å². The molecule has 0 aliphatic rings. The van der Waals surface area contributed by atoms with Gasteiger partial charge in [-0.15, -0.1) is 6.58 Å². The molecule has 0 unspecified atom stereocenters. The van der Waals surface area contributed by atoms with E-state index < -0.39 is 24.0 Å². The van der Waals surface area contributed by atoms with Gasteiger partial charge >= 0.3 is 5.97 Å². The molecule has 0 aromatic heterocycles. The third-order valence-corrected chi connectivity index (χ3v) is 2.57. The molecule has 0 saturated heterocycles. The quantitative estimate of drug-likeness (QED) is 0.581. The molecule has 0 aliphatic heterocycles. The molecule has 0 bridgehead atoms. The summed E-state index contributed by atoms with van der Waals surface area (Å²) < 4.78 is 0. The monoisotopic (exact) mass is 284 g/mol. The third-order valence-electron chi connectivity index (χ3n) is 2.57. The topological polar surface area (TPSA) is 95.5 Å². The first kappa shape index (κ1) is 18.1. The van der Waals surface area contributed by atoms with Gasteiger partial charge in [0.05, 0.1) is 0 Å². The molecule has 2 amide bonds. The van der Waals surface area contributed by atoms with E-state index in [-0.39, 0.29) is 18.2 Å². The van der Waals surface area contributed by atoms with Gasteiger partial charge in [-0.25, -0.2) is 4.79 Å². The Kier molecular flexibility index (Phi) is 7.57. The Morgan fingerprint density at radius 2 is 1.65 bits per heavy atom. The maximum atomic E-state index is 12.1. The van der Waals surface area contributed by atoms with Gasteiger partial charge in [-0.2, -0.15) is 0 Å². The zero-order valence-corrected chi connectivity index (χ0v) is 12.5. The average molecular weight is 284 g/mol. The summed E-state index contributed by atoms with van der Waals surface area (Å²) in [4.78, 5) is 34.3. The Balaban J connectivity index is 4.81. The van der Waals surface area contributed by atoms with Crippen molar-refractivity contribution < 1.29 is 19.5 Å². The van der Waals surface area contributed by atoms with E-state index in [0.29, 0.717) is 12.0 Å². The first-order chi connectivity index (χ1) is 9.13. The van der Waals surface area contributed by atoms with Crippen molar-refractivity contribution >= 4 is 17.8 Å². The van der Waals surface area contributed by atoms with Crippen LogP contribution in [0.5, 0.6) is 0 Å². The summed E-state index contributed by atoms with van der Waals surface area (Å²) in [6.45, 7) is 10.5. The van der Waals surface area contributed by atoms with Crippen LogP contribution < -0.4 is 10.6 Å². The lowest BCUT2D eigenvalue weighted by Gasteiger charge is -2.22. The van der Waals surface area contributed by atoms with Crippen molar-refractivity contribution in [2.24, 2.45) is 5.92 Å². The van der Waals surface area contributed by atoms with Gasteiger partial charge in [-0.05, 0) is 25.7 Å². The van der Waals surface area contributed by atoms with Crippen molar-refractivity contribution in [1.82, 2.24) is 10.6 Å². The Bertz CT molecular complexity index is 391. The van der Waals surface area contributed by atoms with E-state index in [1.165, 1.54) is 6.92 Å². The molecule has 0 radical (unpaired) electrons. The highest BCUT2D eigenvalue weighted by atomic mass is 16.4. The summed E-state index contributed by atoms with van der Waals surface area (Å²) in [6.07, 6.45) is 0.611. The zero-order valence-electron chi connectivity index (χ0n) is 12.5. The van der Waals surface area contributed by atoms with Crippen LogP contribution in [0.3, 0.4) is 0 Å². The van der Waals surface area contributed by atoms with Crippen LogP contribution in [0.25, 0.3) is 0 Å². The van der Waals surface area contributed by atoms with Crippen molar-refractivity contribution in [2.75, 3.05) is 0 Å². The minimum atomic E-state index is -1.12. The summed E-state index contributed by atoms with van der Waals surface area (Å²) in [5.74, 6) is -1.73. The van der Waals surface area contributed by atoms with Crippen molar-refractivity contribution in [3.05, 3.63) is 12.2 Å². The molecule has 114 valence electrons. The van der Waals surface area contributed by atoms with E-state index >= 15 is 0 Å². The molecule has 0 spiro atoms. The number of rotatable bonds is 8. The fourth-order valence-electron chi connectivity index (χ4n) is 1.77. The van der Waals surface area contributed by atoms with Crippen molar-refractivity contribution in [3.63, 3.8) is 0 Å². The highest BCUT2D eigenvalue weighted by Crippen LogP contribution is 2.07. The van der Waals surface area contributed by atoms with Crippen LogP contribution in [0.4, 0.5) is 0 Å². The number of carboxylic acid groups (broad SMARTS) is 1. The van der Waals surface area contributed by atoms with Gasteiger partial charge < -0.3 is 15.7 Å². The van der Waals surface area contributed by atoms with Crippen LogP contribution in [0.15, 0.2) is 12.2 Å². The largest absolute Gasteiger partial charge is 0.480 e. The summed E-state index contributed by atoms with van der Waals surface area (Å²) in [5, 5.41) is 14.1. The lowest BCUT2D eigenvalue weighted by atomic mass is 10.0. The standard InChI is InChI=1S/C14H24N2O4/c1-8(2)6-11(15-10(5)17)13(18)16-12(14(19)20)7-9(3)4/h8,11-12H,3,6-7H2,1-2,4-5H3,(H,15,17)(H,16,18)(H,19,20)/t11-,12-/m0/s1. The molecule has 6 heteroatoms. The van der Waals surface area contributed by atoms with E-state index in [4.69, 9.17) is 5.11 Å². The van der Waals surface area contributed by atoms with Crippen LogP contribution >= 0.6 is 0 Å². The van der Waals surface area contributed by atoms with Gasteiger partial charge in [-0.1, -0.05) is 19.4 Å².